The topological polar surface area (TPSA) is 58.2 Å². The molecule has 1 aromatic rings. The number of halogens is 3. The summed E-state index contributed by atoms with van der Waals surface area (Å²) in [5.41, 5.74) is -3.66. The summed E-state index contributed by atoms with van der Waals surface area (Å²) < 4.78 is 60.6. The van der Waals surface area contributed by atoms with Crippen molar-refractivity contribution < 1.29 is 21.6 Å². The van der Waals surface area contributed by atoms with Gasteiger partial charge < -0.3 is 5.32 Å². The summed E-state index contributed by atoms with van der Waals surface area (Å²) in [5.74, 6) is -0.111. The van der Waals surface area contributed by atoms with Gasteiger partial charge in [0, 0.05) is 18.0 Å². The third kappa shape index (κ3) is 5.70. The largest absolute Gasteiger partial charge is 0.441 e. The molecular weight excluding hydrogens is 301 g/mol. The molecule has 0 amide bonds. The number of anilines is 1. The van der Waals surface area contributed by atoms with Crippen molar-refractivity contribution in [2.24, 2.45) is 0 Å². The lowest BCUT2D eigenvalue weighted by Gasteiger charge is -2.09. The molecule has 0 aliphatic rings. The standard InChI is InChI=1S/C10H13F3N2O2S2/c1-14-19(16,17)9-4-2-8(3-5-9)15-6-7-18-10(11,12)13/h2-5,14-15H,6-7H2,1H3. The van der Waals surface area contributed by atoms with Gasteiger partial charge in [0.2, 0.25) is 10.0 Å². The van der Waals surface area contributed by atoms with Crippen LogP contribution in [0.25, 0.3) is 0 Å². The van der Waals surface area contributed by atoms with Crippen molar-refractivity contribution in [1.29, 1.82) is 0 Å². The van der Waals surface area contributed by atoms with Gasteiger partial charge in [0.1, 0.15) is 0 Å². The fraction of sp³-hybridized carbons (Fsp3) is 0.400. The van der Waals surface area contributed by atoms with E-state index in [1.165, 1.54) is 31.3 Å². The molecule has 0 aromatic heterocycles. The van der Waals surface area contributed by atoms with Crippen LogP contribution in [0, 0.1) is 0 Å². The Morgan fingerprint density at radius 3 is 2.26 bits per heavy atom. The molecule has 0 heterocycles. The Bertz CT molecular complexity index is 501. The van der Waals surface area contributed by atoms with E-state index in [0.717, 1.165) is 0 Å². The van der Waals surface area contributed by atoms with Crippen molar-refractivity contribution in [3.05, 3.63) is 24.3 Å². The maximum atomic E-state index is 11.9. The van der Waals surface area contributed by atoms with Crippen molar-refractivity contribution in [2.75, 3.05) is 24.7 Å². The maximum absolute atomic E-state index is 11.9. The van der Waals surface area contributed by atoms with Crippen LogP contribution in [-0.2, 0) is 10.0 Å². The Kier molecular flexibility index (Phi) is 5.50. The molecule has 19 heavy (non-hydrogen) atoms. The molecule has 1 rings (SSSR count). The highest BCUT2D eigenvalue weighted by Gasteiger charge is 2.27. The Hall–Kier alpha value is -0.930. The van der Waals surface area contributed by atoms with Gasteiger partial charge in [-0.25, -0.2) is 13.1 Å². The van der Waals surface area contributed by atoms with Crippen molar-refractivity contribution in [1.82, 2.24) is 4.72 Å². The van der Waals surface area contributed by atoms with Crippen LogP contribution < -0.4 is 10.0 Å². The molecule has 0 aliphatic heterocycles. The summed E-state index contributed by atoms with van der Waals surface area (Å²) in [6, 6.07) is 5.76. The van der Waals surface area contributed by atoms with Crippen LogP contribution in [0.15, 0.2) is 29.2 Å². The molecule has 0 radical (unpaired) electrons. The van der Waals surface area contributed by atoms with Gasteiger partial charge in [0.15, 0.2) is 0 Å². The molecule has 108 valence electrons. The molecule has 4 nitrogen and oxygen atoms in total. The molecule has 0 saturated carbocycles. The third-order valence-electron chi connectivity index (χ3n) is 2.13. The fourth-order valence-corrected chi connectivity index (χ4v) is 2.40. The highest BCUT2D eigenvalue weighted by molar-refractivity contribution is 8.00. The molecule has 0 spiro atoms. The zero-order valence-electron chi connectivity index (χ0n) is 9.99. The van der Waals surface area contributed by atoms with Crippen molar-refractivity contribution in [3.8, 4) is 0 Å². The normalized spacial score (nSPS) is 12.4. The predicted octanol–water partition coefficient (Wildman–Crippen LogP) is 2.26. The second kappa shape index (κ2) is 6.49. The van der Waals surface area contributed by atoms with E-state index in [0.29, 0.717) is 5.69 Å². The molecule has 0 bridgehead atoms. The van der Waals surface area contributed by atoms with Crippen LogP contribution in [0.3, 0.4) is 0 Å². The Balaban J connectivity index is 2.50. The number of benzene rings is 1. The van der Waals surface area contributed by atoms with Crippen LogP contribution in [0.5, 0.6) is 0 Å². The zero-order chi connectivity index (χ0) is 14.5. The monoisotopic (exact) mass is 314 g/mol. The minimum Gasteiger partial charge on any atom is -0.384 e. The minimum atomic E-state index is -4.23. The van der Waals surface area contributed by atoms with E-state index in [4.69, 9.17) is 0 Å². The fourth-order valence-electron chi connectivity index (χ4n) is 1.23. The molecule has 0 aliphatic carbocycles. The summed E-state index contributed by atoms with van der Waals surface area (Å²) in [7, 11) is -2.19. The van der Waals surface area contributed by atoms with Gasteiger partial charge in [0.05, 0.1) is 4.90 Å². The molecule has 1 aromatic carbocycles. The summed E-state index contributed by atoms with van der Waals surface area (Å²) in [6.07, 6.45) is 0. The molecule has 0 atom stereocenters. The summed E-state index contributed by atoms with van der Waals surface area (Å²) in [4.78, 5) is 0.102. The van der Waals surface area contributed by atoms with Crippen molar-refractivity contribution in [3.63, 3.8) is 0 Å². The van der Waals surface area contributed by atoms with E-state index in [1.54, 1.807) is 0 Å². The number of hydrogen-bond donors (Lipinski definition) is 2. The number of rotatable bonds is 6. The number of hydrogen-bond acceptors (Lipinski definition) is 4. The zero-order valence-corrected chi connectivity index (χ0v) is 11.6. The summed E-state index contributed by atoms with van der Waals surface area (Å²) in [5, 5.41) is 2.78. The molecule has 9 heteroatoms. The van der Waals surface area contributed by atoms with Gasteiger partial charge in [-0.1, -0.05) is 0 Å². The number of alkyl halides is 3. The van der Waals surface area contributed by atoms with Crippen LogP contribution in [0.2, 0.25) is 0 Å². The van der Waals surface area contributed by atoms with Crippen molar-refractivity contribution >= 4 is 27.5 Å². The quantitative estimate of drug-likeness (QED) is 0.791. The first-order valence-electron chi connectivity index (χ1n) is 5.23. The minimum absolute atomic E-state index is 0.102. The van der Waals surface area contributed by atoms with Gasteiger partial charge in [-0.2, -0.15) is 13.2 Å². The maximum Gasteiger partial charge on any atom is 0.441 e. The van der Waals surface area contributed by atoms with Gasteiger partial charge in [-0.05, 0) is 43.1 Å². The highest BCUT2D eigenvalue weighted by Crippen LogP contribution is 2.29. The van der Waals surface area contributed by atoms with Gasteiger partial charge in [-0.3, -0.25) is 0 Å². The molecule has 0 unspecified atom stereocenters. The average Bonchev–Trinajstić information content (AvgIpc) is 2.34. The highest BCUT2D eigenvalue weighted by atomic mass is 32.2. The van der Waals surface area contributed by atoms with E-state index in [2.05, 4.69) is 10.0 Å². The second-order valence-electron chi connectivity index (χ2n) is 3.45. The first kappa shape index (κ1) is 16.1. The summed E-state index contributed by atoms with van der Waals surface area (Å²) >= 11 is -0.105. The molecule has 0 fully saturated rings. The smallest absolute Gasteiger partial charge is 0.384 e. The van der Waals surface area contributed by atoms with Crippen LogP contribution in [0.1, 0.15) is 0 Å². The van der Waals surface area contributed by atoms with E-state index >= 15 is 0 Å². The van der Waals surface area contributed by atoms with Crippen LogP contribution in [-0.4, -0.2) is 33.3 Å². The van der Waals surface area contributed by atoms with E-state index in [1.807, 2.05) is 0 Å². The summed E-state index contributed by atoms with van der Waals surface area (Å²) in [6.45, 7) is 0.141. The average molecular weight is 314 g/mol. The Morgan fingerprint density at radius 2 is 1.79 bits per heavy atom. The van der Waals surface area contributed by atoms with Gasteiger partial charge >= 0.3 is 5.51 Å². The molecular formula is C10H13F3N2O2S2. The Morgan fingerprint density at radius 1 is 1.21 bits per heavy atom. The SMILES string of the molecule is CNS(=O)(=O)c1ccc(NCCSC(F)(F)F)cc1. The van der Waals surface area contributed by atoms with E-state index in [-0.39, 0.29) is 29.0 Å². The van der Waals surface area contributed by atoms with Gasteiger partial charge in [-0.15, -0.1) is 0 Å². The van der Waals surface area contributed by atoms with Crippen LogP contribution in [0.4, 0.5) is 18.9 Å². The molecule has 0 saturated heterocycles. The number of thioether (sulfide) groups is 1. The van der Waals surface area contributed by atoms with Crippen LogP contribution >= 0.6 is 11.8 Å². The predicted molar refractivity (Wildman–Crippen MR) is 69.7 cm³/mol. The third-order valence-corrected chi connectivity index (χ3v) is 4.30. The molecule has 2 N–H and O–H groups in total. The Labute approximate surface area is 113 Å². The lowest BCUT2D eigenvalue weighted by atomic mass is 10.3. The second-order valence-corrected chi connectivity index (χ2v) is 6.50. The first-order valence-corrected chi connectivity index (χ1v) is 7.70. The first-order chi connectivity index (χ1) is 8.74. The number of sulfonamides is 1. The lowest BCUT2D eigenvalue weighted by Crippen LogP contribution is -2.18. The number of nitrogens with one attached hydrogen (secondary N) is 2. The van der Waals surface area contributed by atoms with Crippen molar-refractivity contribution in [2.45, 2.75) is 10.4 Å². The van der Waals surface area contributed by atoms with E-state index < -0.39 is 15.5 Å². The van der Waals surface area contributed by atoms with Gasteiger partial charge in [0.25, 0.3) is 0 Å². The van der Waals surface area contributed by atoms with E-state index in [9.17, 15) is 21.6 Å². The lowest BCUT2D eigenvalue weighted by molar-refractivity contribution is -0.0327.